The highest BCUT2D eigenvalue weighted by molar-refractivity contribution is 7.92. The first-order valence-electron chi connectivity index (χ1n) is 10.9. The Kier molecular flexibility index (Phi) is 7.36. The molecule has 0 aliphatic carbocycles. The molecule has 9 heteroatoms. The number of ether oxygens (including phenoxy) is 3. The second kappa shape index (κ2) is 10.6. The van der Waals surface area contributed by atoms with Gasteiger partial charge in [-0.25, -0.2) is 12.8 Å². The van der Waals surface area contributed by atoms with Crippen LogP contribution >= 0.6 is 0 Å². The summed E-state index contributed by atoms with van der Waals surface area (Å²) in [4.78, 5) is 4.30. The molecule has 35 heavy (non-hydrogen) atoms. The fourth-order valence-corrected chi connectivity index (χ4v) is 4.76. The molecule has 0 fully saturated rings. The second-order valence-corrected chi connectivity index (χ2v) is 9.63. The third-order valence-electron chi connectivity index (χ3n) is 5.35. The van der Waals surface area contributed by atoms with E-state index in [0.717, 1.165) is 11.6 Å². The average molecular weight is 497 g/mol. The lowest BCUT2D eigenvalue weighted by atomic mass is 10.1. The van der Waals surface area contributed by atoms with Gasteiger partial charge in [-0.15, -0.1) is 0 Å². The van der Waals surface area contributed by atoms with E-state index in [1.807, 2.05) is 30.3 Å². The Labute approximate surface area is 203 Å². The zero-order chi connectivity index (χ0) is 24.8. The number of methoxy groups -OCH3 is 2. The molecule has 4 aromatic rings. The third-order valence-corrected chi connectivity index (χ3v) is 6.73. The predicted octanol–water partition coefficient (Wildman–Crippen LogP) is 5.56. The number of aryl methyl sites for hydroxylation is 1. The van der Waals surface area contributed by atoms with Gasteiger partial charge in [-0.2, -0.15) is 0 Å². The van der Waals surface area contributed by atoms with Crippen molar-refractivity contribution >= 4 is 26.6 Å². The summed E-state index contributed by atoms with van der Waals surface area (Å²) in [6, 6.07) is 18.6. The quantitative estimate of drug-likeness (QED) is 0.309. The molecule has 0 aliphatic heterocycles. The van der Waals surface area contributed by atoms with E-state index in [1.54, 1.807) is 24.4 Å². The van der Waals surface area contributed by atoms with Gasteiger partial charge < -0.3 is 14.2 Å². The van der Waals surface area contributed by atoms with Crippen LogP contribution < -0.4 is 18.9 Å². The minimum atomic E-state index is -3.63. The monoisotopic (exact) mass is 496 g/mol. The van der Waals surface area contributed by atoms with Crippen molar-refractivity contribution in [2.45, 2.75) is 12.8 Å². The van der Waals surface area contributed by atoms with Gasteiger partial charge in [0.15, 0.2) is 23.1 Å². The number of rotatable bonds is 10. The second-order valence-electron chi connectivity index (χ2n) is 7.79. The first kappa shape index (κ1) is 24.3. The van der Waals surface area contributed by atoms with Crippen molar-refractivity contribution in [3.8, 4) is 23.0 Å². The largest absolute Gasteiger partial charge is 0.493 e. The summed E-state index contributed by atoms with van der Waals surface area (Å²) in [5.41, 5.74) is 1.77. The molecule has 0 saturated heterocycles. The smallest absolute Gasteiger partial charge is 0.232 e. The minimum absolute atomic E-state index is 0.0562. The maximum Gasteiger partial charge on any atom is 0.232 e. The van der Waals surface area contributed by atoms with Crippen LogP contribution in [-0.4, -0.2) is 33.4 Å². The van der Waals surface area contributed by atoms with Crippen LogP contribution in [-0.2, 0) is 16.4 Å². The first-order chi connectivity index (χ1) is 16.9. The molecule has 4 rings (SSSR count). The fraction of sp³-hybridized carbons (Fsp3) is 0.192. The molecule has 7 nitrogen and oxygen atoms in total. The molecule has 1 aromatic heterocycles. The number of nitrogens with one attached hydrogen (secondary N) is 1. The lowest BCUT2D eigenvalue weighted by Crippen LogP contribution is -2.17. The van der Waals surface area contributed by atoms with E-state index in [0.29, 0.717) is 41.0 Å². The van der Waals surface area contributed by atoms with Crippen molar-refractivity contribution in [2.24, 2.45) is 0 Å². The topological polar surface area (TPSA) is 86.8 Å². The van der Waals surface area contributed by atoms with Crippen molar-refractivity contribution in [3.63, 3.8) is 0 Å². The van der Waals surface area contributed by atoms with Crippen molar-refractivity contribution in [2.75, 3.05) is 24.7 Å². The Hall–Kier alpha value is -3.85. The Bertz CT molecular complexity index is 1430. The molecule has 3 aromatic carbocycles. The van der Waals surface area contributed by atoms with Gasteiger partial charge in [0.05, 0.1) is 31.2 Å². The summed E-state index contributed by atoms with van der Waals surface area (Å²) < 4.78 is 58.6. The Morgan fingerprint density at radius 1 is 0.886 bits per heavy atom. The van der Waals surface area contributed by atoms with E-state index < -0.39 is 15.8 Å². The maximum absolute atomic E-state index is 14.8. The number of fused-ring (bicyclic) bond motifs is 1. The molecular weight excluding hydrogens is 471 g/mol. The van der Waals surface area contributed by atoms with E-state index in [1.165, 1.54) is 26.4 Å². The van der Waals surface area contributed by atoms with E-state index in [-0.39, 0.29) is 17.2 Å². The van der Waals surface area contributed by atoms with Gasteiger partial charge in [-0.05, 0) is 42.7 Å². The molecular formula is C26H25FN2O5S. The lowest BCUT2D eigenvalue weighted by molar-refractivity contribution is 0.355. The molecule has 0 bridgehead atoms. The van der Waals surface area contributed by atoms with Crippen molar-refractivity contribution in [3.05, 3.63) is 84.3 Å². The Morgan fingerprint density at radius 2 is 1.63 bits per heavy atom. The highest BCUT2D eigenvalue weighted by Gasteiger charge is 2.15. The van der Waals surface area contributed by atoms with E-state index in [9.17, 15) is 12.8 Å². The minimum Gasteiger partial charge on any atom is -0.493 e. The maximum atomic E-state index is 14.8. The molecule has 0 amide bonds. The van der Waals surface area contributed by atoms with E-state index in [4.69, 9.17) is 14.2 Å². The standard InChI is InChI=1S/C26H25FN2O5S/c1-32-25-16-20-22(17-26(25)33-2)28-13-12-23(20)34-24-11-10-19(15-21(24)27)29-35(30,31)14-6-9-18-7-4-3-5-8-18/h3-5,7-8,10-13,15-17,29H,6,9,14H2,1-2H3. The molecule has 0 spiro atoms. The molecule has 0 saturated carbocycles. The summed E-state index contributed by atoms with van der Waals surface area (Å²) >= 11 is 0. The van der Waals surface area contributed by atoms with Crippen LogP contribution in [0, 0.1) is 5.82 Å². The lowest BCUT2D eigenvalue weighted by Gasteiger charge is -2.13. The van der Waals surface area contributed by atoms with Crippen molar-refractivity contribution in [1.29, 1.82) is 0 Å². The number of anilines is 1. The third kappa shape index (κ3) is 5.99. The average Bonchev–Trinajstić information content (AvgIpc) is 2.85. The zero-order valence-electron chi connectivity index (χ0n) is 19.3. The normalized spacial score (nSPS) is 11.3. The Balaban J connectivity index is 1.47. The molecule has 0 radical (unpaired) electrons. The summed E-state index contributed by atoms with van der Waals surface area (Å²) in [5, 5.41) is 0.604. The van der Waals surface area contributed by atoms with Crippen molar-refractivity contribution < 1.29 is 27.0 Å². The van der Waals surface area contributed by atoms with Crippen LogP contribution in [0.15, 0.2) is 72.9 Å². The summed E-state index contributed by atoms with van der Waals surface area (Å²) in [6.45, 7) is 0. The van der Waals surface area contributed by atoms with Gasteiger partial charge in [0.25, 0.3) is 0 Å². The van der Waals surface area contributed by atoms with Crippen LogP contribution in [0.1, 0.15) is 12.0 Å². The zero-order valence-corrected chi connectivity index (χ0v) is 20.1. The number of benzene rings is 3. The SMILES string of the molecule is COc1cc2nccc(Oc3ccc(NS(=O)(=O)CCCc4ccccc4)cc3F)c2cc1OC. The van der Waals surface area contributed by atoms with Gasteiger partial charge in [-0.3, -0.25) is 9.71 Å². The van der Waals surface area contributed by atoms with Crippen LogP contribution in [0.4, 0.5) is 10.1 Å². The summed E-state index contributed by atoms with van der Waals surface area (Å²) in [6.07, 6.45) is 2.63. The number of hydrogen-bond acceptors (Lipinski definition) is 6. The molecule has 0 unspecified atom stereocenters. The predicted molar refractivity (Wildman–Crippen MR) is 133 cm³/mol. The van der Waals surface area contributed by atoms with Crippen LogP contribution in [0.3, 0.4) is 0 Å². The summed E-state index contributed by atoms with van der Waals surface area (Å²) in [7, 11) is -0.586. The Morgan fingerprint density at radius 3 is 2.34 bits per heavy atom. The van der Waals surface area contributed by atoms with Crippen LogP contribution in [0.2, 0.25) is 0 Å². The van der Waals surface area contributed by atoms with E-state index in [2.05, 4.69) is 9.71 Å². The van der Waals surface area contributed by atoms with Gasteiger partial charge in [-0.1, -0.05) is 30.3 Å². The van der Waals surface area contributed by atoms with Gasteiger partial charge in [0, 0.05) is 23.7 Å². The fourth-order valence-electron chi connectivity index (χ4n) is 3.64. The van der Waals surface area contributed by atoms with Crippen LogP contribution in [0.5, 0.6) is 23.0 Å². The van der Waals surface area contributed by atoms with Gasteiger partial charge in [0.1, 0.15) is 5.75 Å². The molecule has 1 N–H and O–H groups in total. The highest BCUT2D eigenvalue weighted by atomic mass is 32.2. The number of halogens is 1. The van der Waals surface area contributed by atoms with Crippen molar-refractivity contribution in [1.82, 2.24) is 4.98 Å². The number of aromatic nitrogens is 1. The molecule has 0 atom stereocenters. The molecule has 0 aliphatic rings. The van der Waals surface area contributed by atoms with Gasteiger partial charge in [0.2, 0.25) is 10.0 Å². The number of sulfonamides is 1. The molecule has 1 heterocycles. The number of nitrogens with zero attached hydrogens (tertiary/aromatic N) is 1. The highest BCUT2D eigenvalue weighted by Crippen LogP contribution is 2.37. The first-order valence-corrected chi connectivity index (χ1v) is 12.6. The number of hydrogen-bond donors (Lipinski definition) is 1. The van der Waals surface area contributed by atoms with E-state index >= 15 is 0 Å². The molecule has 182 valence electrons. The summed E-state index contributed by atoms with van der Waals surface area (Å²) in [5.74, 6) is 0.519. The van der Waals surface area contributed by atoms with Gasteiger partial charge >= 0.3 is 0 Å². The van der Waals surface area contributed by atoms with Crippen LogP contribution in [0.25, 0.3) is 10.9 Å². The number of pyridine rings is 1.